The molecule has 3 aromatic rings. The largest absolute Gasteiger partial charge is 0.491 e. The fourth-order valence-corrected chi connectivity index (χ4v) is 3.38. The average Bonchev–Trinajstić information content (AvgIpc) is 3.05. The average molecular weight is 347 g/mol. The van der Waals surface area contributed by atoms with Crippen molar-refractivity contribution in [1.29, 1.82) is 0 Å². The number of anilines is 1. The molecular weight excluding hydrogens is 326 g/mol. The van der Waals surface area contributed by atoms with E-state index in [9.17, 15) is 4.79 Å². The second kappa shape index (κ2) is 6.67. The Bertz CT molecular complexity index is 931. The van der Waals surface area contributed by atoms with Gasteiger partial charge >= 0.3 is 0 Å². The maximum atomic E-state index is 12.4. The molecule has 0 fully saturated rings. The summed E-state index contributed by atoms with van der Waals surface area (Å²) in [5, 5.41) is 2.99. The molecule has 4 rings (SSSR count). The summed E-state index contributed by atoms with van der Waals surface area (Å²) in [5.41, 5.74) is 2.83. The summed E-state index contributed by atoms with van der Waals surface area (Å²) in [6.45, 7) is 4.00. The highest BCUT2D eigenvalue weighted by atomic mass is 16.5. The lowest BCUT2D eigenvalue weighted by atomic mass is 9.89. The number of ether oxygens (including phenoxy) is 1. The molecule has 1 atom stereocenters. The van der Waals surface area contributed by atoms with Gasteiger partial charge in [-0.2, -0.15) is 0 Å². The van der Waals surface area contributed by atoms with E-state index in [2.05, 4.69) is 10.3 Å². The van der Waals surface area contributed by atoms with E-state index in [0.29, 0.717) is 6.42 Å². The zero-order chi connectivity index (χ0) is 18.1. The molecule has 2 aromatic carbocycles. The van der Waals surface area contributed by atoms with Gasteiger partial charge in [0.1, 0.15) is 17.9 Å². The van der Waals surface area contributed by atoms with Gasteiger partial charge in [-0.25, -0.2) is 4.98 Å². The fourth-order valence-electron chi connectivity index (χ4n) is 3.38. The lowest BCUT2D eigenvalue weighted by Crippen LogP contribution is -2.25. The minimum atomic E-state index is -0.126. The Hall–Kier alpha value is -3.08. The molecule has 1 aliphatic rings. The molecule has 5 heteroatoms. The highest BCUT2D eigenvalue weighted by Gasteiger charge is 2.32. The van der Waals surface area contributed by atoms with E-state index in [-0.39, 0.29) is 17.9 Å². The van der Waals surface area contributed by atoms with Gasteiger partial charge in [0.2, 0.25) is 5.91 Å². The number of fused-ring (bicyclic) bond motifs is 1. The number of amides is 1. The Morgan fingerprint density at radius 1 is 1.12 bits per heavy atom. The summed E-state index contributed by atoms with van der Waals surface area (Å²) in [7, 11) is 0. The van der Waals surface area contributed by atoms with Gasteiger partial charge in [-0.15, -0.1) is 0 Å². The number of carbonyl (C=O) groups is 1. The zero-order valence-electron chi connectivity index (χ0n) is 14.8. The van der Waals surface area contributed by atoms with E-state index in [1.54, 1.807) is 6.33 Å². The number of hydrogen-bond acceptors (Lipinski definition) is 3. The van der Waals surface area contributed by atoms with Crippen LogP contribution in [0.15, 0.2) is 60.9 Å². The predicted octanol–water partition coefficient (Wildman–Crippen LogP) is 4.13. The number of aromatic nitrogens is 2. The van der Waals surface area contributed by atoms with Crippen LogP contribution >= 0.6 is 0 Å². The quantitative estimate of drug-likeness (QED) is 0.772. The number of para-hydroxylation sites is 2. The van der Waals surface area contributed by atoms with Crippen molar-refractivity contribution in [1.82, 2.24) is 9.55 Å². The molecule has 132 valence electrons. The highest BCUT2D eigenvalue weighted by Crippen LogP contribution is 2.40. The molecule has 0 unspecified atom stereocenters. The molecule has 0 bridgehead atoms. The van der Waals surface area contributed by atoms with Gasteiger partial charge < -0.3 is 10.1 Å². The van der Waals surface area contributed by atoms with E-state index in [4.69, 9.17) is 4.74 Å². The third-order valence-corrected chi connectivity index (χ3v) is 4.46. The van der Waals surface area contributed by atoms with Crippen LogP contribution in [-0.4, -0.2) is 21.6 Å². The molecule has 1 N–H and O–H groups in total. The summed E-state index contributed by atoms with van der Waals surface area (Å²) in [4.78, 5) is 17.1. The fraction of sp³-hybridized carbons (Fsp3) is 0.238. The van der Waals surface area contributed by atoms with Crippen LogP contribution in [0.2, 0.25) is 0 Å². The van der Waals surface area contributed by atoms with E-state index in [1.165, 1.54) is 0 Å². The summed E-state index contributed by atoms with van der Waals surface area (Å²) in [6, 6.07) is 17.8. The lowest BCUT2D eigenvalue weighted by Gasteiger charge is -2.25. The van der Waals surface area contributed by atoms with Crippen molar-refractivity contribution in [2.45, 2.75) is 32.3 Å². The van der Waals surface area contributed by atoms with Gasteiger partial charge in [-0.1, -0.05) is 36.4 Å². The zero-order valence-corrected chi connectivity index (χ0v) is 14.8. The second-order valence-corrected chi connectivity index (χ2v) is 6.69. The first-order valence-corrected chi connectivity index (χ1v) is 8.81. The van der Waals surface area contributed by atoms with Gasteiger partial charge in [0, 0.05) is 23.6 Å². The van der Waals surface area contributed by atoms with Crippen molar-refractivity contribution in [3.8, 4) is 11.4 Å². The standard InChI is InChI=1S/C21H21N3O2/c1-14(2)26-18-11-7-6-10-16(18)17-12-19(25)23-21-20(17)22-13-24(21)15-8-4-3-5-9-15/h3-11,13-14,17H,12H2,1-2H3,(H,23,25)/t17-/m1/s1. The van der Waals surface area contributed by atoms with Crippen LogP contribution < -0.4 is 10.1 Å². The Balaban J connectivity index is 1.80. The van der Waals surface area contributed by atoms with Crippen LogP contribution in [-0.2, 0) is 4.79 Å². The maximum Gasteiger partial charge on any atom is 0.226 e. The topological polar surface area (TPSA) is 56.1 Å². The number of hydrogen-bond donors (Lipinski definition) is 1. The number of nitrogens with zero attached hydrogens (tertiary/aromatic N) is 2. The van der Waals surface area contributed by atoms with Crippen LogP contribution in [0.25, 0.3) is 5.69 Å². The molecule has 5 nitrogen and oxygen atoms in total. The maximum absolute atomic E-state index is 12.4. The number of nitrogens with one attached hydrogen (secondary N) is 1. The minimum absolute atomic E-state index is 0.0143. The molecule has 0 aliphatic carbocycles. The van der Waals surface area contributed by atoms with Gasteiger partial charge in [0.25, 0.3) is 0 Å². The Morgan fingerprint density at radius 2 is 1.85 bits per heavy atom. The molecule has 1 aliphatic heterocycles. The first-order valence-electron chi connectivity index (χ1n) is 8.81. The van der Waals surface area contributed by atoms with Crippen LogP contribution in [0.5, 0.6) is 5.75 Å². The van der Waals surface area contributed by atoms with E-state index >= 15 is 0 Å². The molecule has 26 heavy (non-hydrogen) atoms. The Kier molecular flexibility index (Phi) is 4.21. The van der Waals surface area contributed by atoms with E-state index in [1.807, 2.05) is 73.0 Å². The molecule has 2 heterocycles. The smallest absolute Gasteiger partial charge is 0.226 e. The summed E-state index contributed by atoms with van der Waals surface area (Å²) in [6.07, 6.45) is 2.19. The number of benzene rings is 2. The van der Waals surface area contributed by atoms with Gasteiger partial charge in [-0.3, -0.25) is 9.36 Å². The molecule has 0 spiro atoms. The predicted molar refractivity (Wildman–Crippen MR) is 101 cm³/mol. The lowest BCUT2D eigenvalue weighted by molar-refractivity contribution is -0.116. The summed E-state index contributed by atoms with van der Waals surface area (Å²) >= 11 is 0. The number of carbonyl (C=O) groups excluding carboxylic acids is 1. The van der Waals surface area contributed by atoms with Crippen LogP contribution in [0.1, 0.15) is 37.4 Å². The summed E-state index contributed by atoms with van der Waals surface area (Å²) < 4.78 is 7.90. The SMILES string of the molecule is CC(C)Oc1ccccc1[C@H]1CC(=O)Nc2c1ncn2-c1ccccc1. The van der Waals surface area contributed by atoms with Crippen molar-refractivity contribution < 1.29 is 9.53 Å². The first kappa shape index (κ1) is 16.4. The number of rotatable bonds is 4. The third kappa shape index (κ3) is 2.96. The van der Waals surface area contributed by atoms with Crippen LogP contribution in [0, 0.1) is 0 Å². The monoisotopic (exact) mass is 347 g/mol. The molecule has 0 radical (unpaired) electrons. The highest BCUT2D eigenvalue weighted by molar-refractivity contribution is 5.94. The minimum Gasteiger partial charge on any atom is -0.491 e. The molecule has 1 aromatic heterocycles. The van der Waals surface area contributed by atoms with Gasteiger partial charge in [0.05, 0.1) is 11.8 Å². The second-order valence-electron chi connectivity index (χ2n) is 6.69. The van der Waals surface area contributed by atoms with Gasteiger partial charge in [0.15, 0.2) is 0 Å². The molecule has 0 saturated carbocycles. The van der Waals surface area contributed by atoms with Gasteiger partial charge in [-0.05, 0) is 32.0 Å². The van der Waals surface area contributed by atoms with Crippen molar-refractivity contribution in [2.24, 2.45) is 0 Å². The molecular formula is C21H21N3O2. The van der Waals surface area contributed by atoms with Crippen molar-refractivity contribution in [3.63, 3.8) is 0 Å². The normalized spacial score (nSPS) is 16.3. The molecule has 1 amide bonds. The summed E-state index contributed by atoms with van der Waals surface area (Å²) in [5.74, 6) is 1.40. The Labute approximate surface area is 152 Å². The van der Waals surface area contributed by atoms with Crippen molar-refractivity contribution in [2.75, 3.05) is 5.32 Å². The Morgan fingerprint density at radius 3 is 2.62 bits per heavy atom. The van der Waals surface area contributed by atoms with Crippen LogP contribution in [0.3, 0.4) is 0 Å². The first-order chi connectivity index (χ1) is 12.6. The van der Waals surface area contributed by atoms with E-state index in [0.717, 1.165) is 28.5 Å². The van der Waals surface area contributed by atoms with Crippen molar-refractivity contribution >= 4 is 11.7 Å². The van der Waals surface area contributed by atoms with E-state index < -0.39 is 0 Å². The molecule has 0 saturated heterocycles. The van der Waals surface area contributed by atoms with Crippen LogP contribution in [0.4, 0.5) is 5.82 Å². The van der Waals surface area contributed by atoms with Crippen molar-refractivity contribution in [3.05, 3.63) is 72.2 Å². The third-order valence-electron chi connectivity index (χ3n) is 4.46. The number of imidazole rings is 1.